The maximum atomic E-state index is 13.8. The molecule has 1 saturated heterocycles. The molecule has 1 atom stereocenters. The molecule has 2 amide bonds. The van der Waals surface area contributed by atoms with Crippen LogP contribution in [0.25, 0.3) is 0 Å². The summed E-state index contributed by atoms with van der Waals surface area (Å²) in [4.78, 5) is 27.2. The number of hydrogen-bond acceptors (Lipinski definition) is 5. The van der Waals surface area contributed by atoms with Crippen LogP contribution in [-0.4, -0.2) is 43.8 Å². The average molecular weight is 488 g/mol. The summed E-state index contributed by atoms with van der Waals surface area (Å²) < 4.78 is 15.7. The molecule has 0 bridgehead atoms. The Morgan fingerprint density at radius 1 is 1.18 bits per heavy atom. The minimum Gasteiger partial charge on any atom is -0.328 e. The molecule has 1 aromatic heterocycles. The molecule has 0 aliphatic carbocycles. The fraction of sp³-hybridized carbons (Fsp3) is 0.304. The van der Waals surface area contributed by atoms with E-state index in [-0.39, 0.29) is 29.3 Å². The third-order valence-corrected chi connectivity index (χ3v) is 6.66. The number of carbonyl (C=O) groups excluding carboxylic acids is 2. The van der Waals surface area contributed by atoms with Crippen LogP contribution in [0, 0.1) is 5.82 Å². The van der Waals surface area contributed by atoms with E-state index in [0.29, 0.717) is 34.7 Å². The lowest BCUT2D eigenvalue weighted by Crippen LogP contribution is -2.32. The normalized spacial score (nSPS) is 15.6. The molecule has 0 radical (unpaired) electrons. The number of nitrogens with zero attached hydrogens (tertiary/aromatic N) is 4. The van der Waals surface area contributed by atoms with E-state index in [1.165, 1.54) is 23.9 Å². The smallest absolute Gasteiger partial charge is 0.254 e. The minimum atomic E-state index is -0.485. The zero-order chi connectivity index (χ0) is 23.4. The monoisotopic (exact) mass is 487 g/mol. The van der Waals surface area contributed by atoms with Crippen molar-refractivity contribution in [1.29, 1.82) is 0 Å². The molecule has 4 rings (SSSR count). The number of halogens is 2. The van der Waals surface area contributed by atoms with Gasteiger partial charge in [-0.15, -0.1) is 10.2 Å². The Morgan fingerprint density at radius 2 is 1.94 bits per heavy atom. The Kier molecular flexibility index (Phi) is 7.29. The van der Waals surface area contributed by atoms with Crippen LogP contribution in [0.15, 0.2) is 53.7 Å². The van der Waals surface area contributed by atoms with Crippen molar-refractivity contribution in [1.82, 2.24) is 19.7 Å². The van der Waals surface area contributed by atoms with Gasteiger partial charge in [-0.2, -0.15) is 0 Å². The second kappa shape index (κ2) is 10.4. The van der Waals surface area contributed by atoms with E-state index in [1.807, 2.05) is 16.4 Å². The number of carbonyl (C=O) groups is 2. The molecule has 7 nitrogen and oxygen atoms in total. The van der Waals surface area contributed by atoms with Crippen LogP contribution in [0.2, 0.25) is 5.02 Å². The Hall–Kier alpha value is -2.91. The molecule has 1 unspecified atom stereocenters. The van der Waals surface area contributed by atoms with Gasteiger partial charge in [-0.05, 0) is 56.2 Å². The highest BCUT2D eigenvalue weighted by Gasteiger charge is 2.34. The van der Waals surface area contributed by atoms with Crippen LogP contribution >= 0.6 is 23.4 Å². The standard InChI is InChI=1S/C23H23ClFN5O2S/c1-2-29-21(19-8-5-13-30(19)22(32)15-9-11-16(24)12-10-15)27-28-23(29)33-14-20(31)26-18-7-4-3-6-17(18)25/h3-4,6-7,9-12,19H,2,5,8,13-14H2,1H3,(H,26,31). The van der Waals surface area contributed by atoms with E-state index in [2.05, 4.69) is 15.5 Å². The zero-order valence-corrected chi connectivity index (χ0v) is 19.6. The second-order valence-corrected chi connectivity index (χ2v) is 8.94. The second-order valence-electron chi connectivity index (χ2n) is 7.57. The van der Waals surface area contributed by atoms with Gasteiger partial charge >= 0.3 is 0 Å². The van der Waals surface area contributed by atoms with Gasteiger partial charge in [-0.25, -0.2) is 4.39 Å². The Labute approximate surface area is 200 Å². The topological polar surface area (TPSA) is 80.1 Å². The summed E-state index contributed by atoms with van der Waals surface area (Å²) in [5, 5.41) is 12.4. The van der Waals surface area contributed by atoms with Crippen LogP contribution in [0.1, 0.15) is 42.0 Å². The van der Waals surface area contributed by atoms with Gasteiger partial charge in [0.05, 0.1) is 17.5 Å². The number of hydrogen-bond donors (Lipinski definition) is 1. The average Bonchev–Trinajstić information content (AvgIpc) is 3.45. The first-order chi connectivity index (χ1) is 16.0. The highest BCUT2D eigenvalue weighted by molar-refractivity contribution is 7.99. The summed E-state index contributed by atoms with van der Waals surface area (Å²) in [5.41, 5.74) is 0.719. The van der Waals surface area contributed by atoms with E-state index in [1.54, 1.807) is 36.4 Å². The lowest BCUT2D eigenvalue weighted by molar-refractivity contribution is -0.113. The number of thioether (sulfide) groups is 1. The SMILES string of the molecule is CCn1c(SCC(=O)Nc2ccccc2F)nnc1C1CCCN1C(=O)c1ccc(Cl)cc1. The zero-order valence-electron chi connectivity index (χ0n) is 18.0. The van der Waals surface area contributed by atoms with Crippen molar-refractivity contribution in [2.45, 2.75) is 37.5 Å². The van der Waals surface area contributed by atoms with Crippen LogP contribution in [-0.2, 0) is 11.3 Å². The summed E-state index contributed by atoms with van der Waals surface area (Å²) in [6.07, 6.45) is 1.66. The van der Waals surface area contributed by atoms with E-state index >= 15 is 0 Å². The Balaban J connectivity index is 1.46. The maximum absolute atomic E-state index is 13.8. The number of rotatable bonds is 7. The van der Waals surface area contributed by atoms with E-state index in [4.69, 9.17) is 11.6 Å². The Bertz CT molecular complexity index is 1150. The molecule has 1 aliphatic rings. The fourth-order valence-electron chi connectivity index (χ4n) is 3.87. The third-order valence-electron chi connectivity index (χ3n) is 5.44. The molecule has 0 spiro atoms. The van der Waals surface area contributed by atoms with Crippen molar-refractivity contribution >= 4 is 40.9 Å². The molecular formula is C23H23ClFN5O2S. The van der Waals surface area contributed by atoms with E-state index in [0.717, 1.165) is 12.8 Å². The van der Waals surface area contributed by atoms with Crippen molar-refractivity contribution in [2.24, 2.45) is 0 Å². The number of likely N-dealkylation sites (tertiary alicyclic amines) is 1. The minimum absolute atomic E-state index is 0.0601. The van der Waals surface area contributed by atoms with Crippen LogP contribution in [0.4, 0.5) is 10.1 Å². The first-order valence-electron chi connectivity index (χ1n) is 10.6. The van der Waals surface area contributed by atoms with E-state index in [9.17, 15) is 14.0 Å². The molecule has 1 N–H and O–H groups in total. The number of aromatic nitrogens is 3. The molecule has 172 valence electrons. The quantitative estimate of drug-likeness (QED) is 0.484. The lowest BCUT2D eigenvalue weighted by atomic mass is 10.1. The molecular weight excluding hydrogens is 465 g/mol. The highest BCUT2D eigenvalue weighted by atomic mass is 35.5. The summed E-state index contributed by atoms with van der Waals surface area (Å²) in [7, 11) is 0. The molecule has 3 aromatic rings. The molecule has 1 aliphatic heterocycles. The van der Waals surface area contributed by atoms with Gasteiger partial charge in [0.15, 0.2) is 11.0 Å². The van der Waals surface area contributed by atoms with Gasteiger partial charge in [0.1, 0.15) is 5.82 Å². The van der Waals surface area contributed by atoms with Gasteiger partial charge in [0, 0.05) is 23.7 Å². The Morgan fingerprint density at radius 3 is 2.67 bits per heavy atom. The summed E-state index contributed by atoms with van der Waals surface area (Å²) >= 11 is 7.18. The van der Waals surface area contributed by atoms with Gasteiger partial charge in [-0.3, -0.25) is 9.59 Å². The van der Waals surface area contributed by atoms with Crippen LogP contribution in [0.5, 0.6) is 0 Å². The number of benzene rings is 2. The molecule has 2 aromatic carbocycles. The van der Waals surface area contributed by atoms with Crippen LogP contribution in [0.3, 0.4) is 0 Å². The number of nitrogens with one attached hydrogen (secondary N) is 1. The molecule has 33 heavy (non-hydrogen) atoms. The molecule has 10 heteroatoms. The van der Waals surface area contributed by atoms with Gasteiger partial charge in [0.25, 0.3) is 5.91 Å². The van der Waals surface area contributed by atoms with Crippen molar-refractivity contribution in [3.63, 3.8) is 0 Å². The summed E-state index contributed by atoms with van der Waals surface area (Å²) in [6.45, 7) is 3.20. The van der Waals surface area contributed by atoms with Crippen molar-refractivity contribution in [3.05, 3.63) is 70.8 Å². The van der Waals surface area contributed by atoms with Crippen molar-refractivity contribution < 1.29 is 14.0 Å². The first-order valence-corrected chi connectivity index (χ1v) is 12.0. The van der Waals surface area contributed by atoms with E-state index < -0.39 is 5.82 Å². The summed E-state index contributed by atoms with van der Waals surface area (Å²) in [6, 6.07) is 12.7. The number of anilines is 1. The first kappa shape index (κ1) is 23.3. The largest absolute Gasteiger partial charge is 0.328 e. The number of para-hydroxylation sites is 1. The van der Waals surface area contributed by atoms with Gasteiger partial charge < -0.3 is 14.8 Å². The summed E-state index contributed by atoms with van der Waals surface area (Å²) in [5.74, 6) is -0.128. The van der Waals surface area contributed by atoms with Gasteiger partial charge in [-0.1, -0.05) is 35.5 Å². The van der Waals surface area contributed by atoms with Crippen molar-refractivity contribution in [3.8, 4) is 0 Å². The molecule has 0 saturated carbocycles. The fourth-order valence-corrected chi connectivity index (χ4v) is 4.80. The third kappa shape index (κ3) is 5.20. The predicted molar refractivity (Wildman–Crippen MR) is 126 cm³/mol. The molecule has 2 heterocycles. The number of amides is 2. The maximum Gasteiger partial charge on any atom is 0.254 e. The lowest BCUT2D eigenvalue weighted by Gasteiger charge is -2.24. The van der Waals surface area contributed by atoms with Crippen molar-refractivity contribution in [2.75, 3.05) is 17.6 Å². The van der Waals surface area contributed by atoms with Gasteiger partial charge in [0.2, 0.25) is 5.91 Å². The molecule has 1 fully saturated rings. The predicted octanol–water partition coefficient (Wildman–Crippen LogP) is 4.80. The van der Waals surface area contributed by atoms with Crippen LogP contribution < -0.4 is 5.32 Å². The highest BCUT2D eigenvalue weighted by Crippen LogP contribution is 2.34.